The minimum Gasteiger partial charge on any atom is -0.369 e. The molecule has 0 saturated carbocycles. The number of anilines is 2. The summed E-state index contributed by atoms with van der Waals surface area (Å²) in [6.45, 7) is 4.03. The summed E-state index contributed by atoms with van der Waals surface area (Å²) in [4.78, 5) is 8.49. The van der Waals surface area contributed by atoms with Crippen molar-refractivity contribution in [1.29, 1.82) is 0 Å². The zero-order chi connectivity index (χ0) is 25.4. The second kappa shape index (κ2) is 9.89. The Bertz CT molecular complexity index is 1430. The van der Waals surface area contributed by atoms with Gasteiger partial charge in [0.25, 0.3) is 0 Å². The van der Waals surface area contributed by atoms with E-state index in [-0.39, 0.29) is 18.5 Å². The molecule has 0 bridgehead atoms. The number of benzene rings is 2. The normalized spacial score (nSPS) is 20.4. The van der Waals surface area contributed by atoms with E-state index in [1.807, 2.05) is 12.2 Å². The predicted octanol–water partition coefficient (Wildman–Crippen LogP) is 4.88. The molecule has 0 aliphatic carbocycles. The highest BCUT2D eigenvalue weighted by atomic mass is 19.1. The zero-order valence-corrected chi connectivity index (χ0v) is 20.2. The van der Waals surface area contributed by atoms with Crippen LogP contribution in [0, 0.1) is 11.6 Å². The third kappa shape index (κ3) is 4.79. The van der Waals surface area contributed by atoms with E-state index in [4.69, 9.17) is 5.10 Å². The topological polar surface area (TPSA) is 48.7 Å². The van der Waals surface area contributed by atoms with E-state index in [1.54, 1.807) is 27.7 Å². The standard InChI is InChI=1S/C28H27F3N6/c29-20-4-8-25(31)24(15-20)26-16-21(30)18-36(26)28-10-9-27-33-17-23(37(27)34-28)7-3-19-1-5-22(6-2-19)35-13-11-32-12-14-35/h1-10,15,17,21,26,32H,11-14,16,18H2/b7-3+/t21-,26+/m0/s1. The largest absolute Gasteiger partial charge is 0.369 e. The Hall–Kier alpha value is -3.85. The molecule has 2 fully saturated rings. The fourth-order valence-electron chi connectivity index (χ4n) is 5.15. The molecule has 2 aliphatic rings. The first-order valence-electron chi connectivity index (χ1n) is 12.5. The molecule has 4 heterocycles. The van der Waals surface area contributed by atoms with Crippen LogP contribution in [-0.2, 0) is 0 Å². The summed E-state index contributed by atoms with van der Waals surface area (Å²) in [5.74, 6) is -0.625. The summed E-state index contributed by atoms with van der Waals surface area (Å²) >= 11 is 0. The number of piperazine rings is 1. The molecule has 2 aromatic carbocycles. The molecular weight excluding hydrogens is 477 g/mol. The van der Waals surface area contributed by atoms with E-state index in [1.165, 1.54) is 5.69 Å². The molecule has 2 aliphatic heterocycles. The highest BCUT2D eigenvalue weighted by Crippen LogP contribution is 2.38. The monoisotopic (exact) mass is 504 g/mol. The van der Waals surface area contributed by atoms with E-state index < -0.39 is 23.8 Å². The van der Waals surface area contributed by atoms with Gasteiger partial charge >= 0.3 is 0 Å². The van der Waals surface area contributed by atoms with Gasteiger partial charge in [0.05, 0.1) is 24.5 Å². The molecule has 190 valence electrons. The Morgan fingerprint density at radius 3 is 2.57 bits per heavy atom. The number of fused-ring (bicyclic) bond motifs is 1. The van der Waals surface area contributed by atoms with Crippen LogP contribution in [0.3, 0.4) is 0 Å². The van der Waals surface area contributed by atoms with Crippen LogP contribution in [-0.4, -0.2) is 53.5 Å². The second-order valence-corrected chi connectivity index (χ2v) is 9.47. The number of imidazole rings is 1. The van der Waals surface area contributed by atoms with E-state index >= 15 is 0 Å². The van der Waals surface area contributed by atoms with Crippen molar-refractivity contribution in [3.8, 4) is 0 Å². The van der Waals surface area contributed by atoms with E-state index in [0.717, 1.165) is 55.6 Å². The Labute approximate surface area is 213 Å². The number of hydrogen-bond donors (Lipinski definition) is 1. The summed E-state index contributed by atoms with van der Waals surface area (Å²) in [6.07, 6.45) is 4.56. The fraction of sp³-hybridized carbons (Fsp3) is 0.286. The Balaban J connectivity index is 1.26. The molecule has 0 spiro atoms. The molecule has 0 amide bonds. The molecule has 4 aromatic rings. The maximum absolute atomic E-state index is 14.5. The van der Waals surface area contributed by atoms with Crippen LogP contribution in [0.2, 0.25) is 0 Å². The molecule has 37 heavy (non-hydrogen) atoms. The van der Waals surface area contributed by atoms with Crippen molar-refractivity contribution >= 4 is 29.3 Å². The lowest BCUT2D eigenvalue weighted by Gasteiger charge is -2.29. The van der Waals surface area contributed by atoms with Crippen LogP contribution in [0.4, 0.5) is 24.7 Å². The number of hydrogen-bond acceptors (Lipinski definition) is 5. The summed E-state index contributed by atoms with van der Waals surface area (Å²) in [5.41, 5.74) is 3.79. The van der Waals surface area contributed by atoms with Crippen LogP contribution < -0.4 is 15.1 Å². The maximum atomic E-state index is 14.5. The van der Waals surface area contributed by atoms with Crippen molar-refractivity contribution in [3.05, 3.63) is 89.2 Å². The molecule has 2 saturated heterocycles. The summed E-state index contributed by atoms with van der Waals surface area (Å²) in [5, 5.41) is 8.07. The molecule has 6 rings (SSSR count). The van der Waals surface area contributed by atoms with Crippen molar-refractivity contribution in [1.82, 2.24) is 19.9 Å². The lowest BCUT2D eigenvalue weighted by Crippen LogP contribution is -2.43. The van der Waals surface area contributed by atoms with Gasteiger partial charge in [-0.1, -0.05) is 18.2 Å². The number of alkyl halides is 1. The first-order valence-corrected chi connectivity index (χ1v) is 12.5. The first-order chi connectivity index (χ1) is 18.0. The Morgan fingerprint density at radius 1 is 0.946 bits per heavy atom. The van der Waals surface area contributed by atoms with Gasteiger partial charge in [0, 0.05) is 43.9 Å². The molecule has 0 unspecified atom stereocenters. The van der Waals surface area contributed by atoms with Gasteiger partial charge in [-0.25, -0.2) is 22.7 Å². The van der Waals surface area contributed by atoms with Crippen LogP contribution >= 0.6 is 0 Å². The van der Waals surface area contributed by atoms with E-state index in [0.29, 0.717) is 11.5 Å². The zero-order valence-electron chi connectivity index (χ0n) is 20.2. The van der Waals surface area contributed by atoms with Gasteiger partial charge in [-0.15, -0.1) is 5.10 Å². The lowest BCUT2D eigenvalue weighted by atomic mass is 10.0. The number of rotatable bonds is 5. The van der Waals surface area contributed by atoms with Crippen molar-refractivity contribution in [3.63, 3.8) is 0 Å². The highest BCUT2D eigenvalue weighted by molar-refractivity contribution is 5.70. The Kier molecular flexibility index (Phi) is 6.30. The van der Waals surface area contributed by atoms with E-state index in [9.17, 15) is 13.2 Å². The van der Waals surface area contributed by atoms with Crippen molar-refractivity contribution in [2.45, 2.75) is 18.6 Å². The highest BCUT2D eigenvalue weighted by Gasteiger charge is 2.36. The van der Waals surface area contributed by atoms with Crippen molar-refractivity contribution < 1.29 is 13.2 Å². The van der Waals surface area contributed by atoms with Crippen molar-refractivity contribution in [2.75, 3.05) is 42.5 Å². The quantitative estimate of drug-likeness (QED) is 0.420. The molecular formula is C28H27F3N6. The summed E-state index contributed by atoms with van der Waals surface area (Å²) in [7, 11) is 0. The average Bonchev–Trinajstić information content (AvgIpc) is 3.52. The molecule has 6 nitrogen and oxygen atoms in total. The first kappa shape index (κ1) is 23.5. The van der Waals surface area contributed by atoms with Gasteiger partial charge in [-0.2, -0.15) is 0 Å². The van der Waals surface area contributed by atoms with E-state index in [2.05, 4.69) is 39.5 Å². The third-order valence-corrected chi connectivity index (χ3v) is 7.06. The van der Waals surface area contributed by atoms with Gasteiger partial charge in [0.1, 0.15) is 23.6 Å². The molecule has 0 radical (unpaired) electrons. The summed E-state index contributed by atoms with van der Waals surface area (Å²) in [6, 6.07) is 14.6. The van der Waals surface area contributed by atoms with Crippen molar-refractivity contribution in [2.24, 2.45) is 0 Å². The van der Waals surface area contributed by atoms with Gasteiger partial charge in [-0.3, -0.25) is 0 Å². The molecule has 2 atom stereocenters. The number of nitrogens with one attached hydrogen (secondary N) is 1. The number of halogens is 3. The SMILES string of the molecule is Fc1ccc(F)c([C@H]2C[C@H](F)CN2c2ccc3ncc(/C=C/c4ccc(N5CCNCC5)cc4)n3n2)c1. The van der Waals surface area contributed by atoms with Crippen LogP contribution in [0.25, 0.3) is 17.8 Å². The Morgan fingerprint density at radius 2 is 1.76 bits per heavy atom. The van der Waals surface area contributed by atoms with Gasteiger partial charge in [0.15, 0.2) is 5.65 Å². The minimum atomic E-state index is -1.17. The second-order valence-electron chi connectivity index (χ2n) is 9.47. The predicted molar refractivity (Wildman–Crippen MR) is 139 cm³/mol. The maximum Gasteiger partial charge on any atom is 0.154 e. The van der Waals surface area contributed by atoms with Crippen LogP contribution in [0.1, 0.15) is 29.3 Å². The average molecular weight is 505 g/mol. The molecule has 9 heteroatoms. The van der Waals surface area contributed by atoms with Crippen LogP contribution in [0.5, 0.6) is 0 Å². The fourth-order valence-corrected chi connectivity index (χ4v) is 5.15. The molecule has 2 aromatic heterocycles. The summed E-state index contributed by atoms with van der Waals surface area (Å²) < 4.78 is 44.6. The third-order valence-electron chi connectivity index (χ3n) is 7.06. The van der Waals surface area contributed by atoms with Gasteiger partial charge in [-0.05, 0) is 54.1 Å². The number of nitrogens with zero attached hydrogens (tertiary/aromatic N) is 5. The van der Waals surface area contributed by atoms with Gasteiger partial charge < -0.3 is 15.1 Å². The van der Waals surface area contributed by atoms with Gasteiger partial charge in [0.2, 0.25) is 0 Å². The molecule has 1 N–H and O–H groups in total. The smallest absolute Gasteiger partial charge is 0.154 e. The van der Waals surface area contributed by atoms with Crippen LogP contribution in [0.15, 0.2) is 60.8 Å². The lowest BCUT2D eigenvalue weighted by molar-refractivity contribution is 0.355. The number of aromatic nitrogens is 3. The minimum absolute atomic E-state index is 0.0540.